The molecule has 1 aromatic carbocycles. The van der Waals surface area contributed by atoms with E-state index in [9.17, 15) is 9.59 Å². The summed E-state index contributed by atoms with van der Waals surface area (Å²) in [6.45, 7) is 2.59. The Morgan fingerprint density at radius 1 is 1.15 bits per heavy atom. The average Bonchev–Trinajstić information content (AvgIpc) is 3.21. The van der Waals surface area contributed by atoms with Crippen molar-refractivity contribution in [1.29, 1.82) is 0 Å². The minimum Gasteiger partial charge on any atom is -0.481 e. The number of carbonyl (C=O) groups excluding carboxylic acids is 1. The number of aliphatic carboxylic acids is 1. The lowest BCUT2D eigenvalue weighted by molar-refractivity contribution is -0.137. The van der Waals surface area contributed by atoms with Crippen LogP contribution >= 0.6 is 0 Å². The summed E-state index contributed by atoms with van der Waals surface area (Å²) in [5.41, 5.74) is 4.91. The molecule has 0 saturated carbocycles. The fourth-order valence-electron chi connectivity index (χ4n) is 3.38. The van der Waals surface area contributed by atoms with E-state index in [2.05, 4.69) is 22.5 Å². The predicted molar refractivity (Wildman–Crippen MR) is 98.8 cm³/mol. The van der Waals surface area contributed by atoms with Crippen molar-refractivity contribution in [2.24, 2.45) is 0 Å². The van der Waals surface area contributed by atoms with Crippen molar-refractivity contribution >= 4 is 11.9 Å². The van der Waals surface area contributed by atoms with Crippen LogP contribution in [0.2, 0.25) is 0 Å². The van der Waals surface area contributed by atoms with Crippen LogP contribution in [0.1, 0.15) is 59.4 Å². The molecular formula is C20H25N3O3. The van der Waals surface area contributed by atoms with Crippen LogP contribution < -0.4 is 5.32 Å². The van der Waals surface area contributed by atoms with Crippen LogP contribution in [-0.4, -0.2) is 33.3 Å². The van der Waals surface area contributed by atoms with Crippen molar-refractivity contribution in [1.82, 2.24) is 15.1 Å². The SMILES string of the molecule is Cc1ccc(-n2nc(C(=O)NCCCCCC(=O)O)c3c2CCC3)cc1. The van der Waals surface area contributed by atoms with Crippen molar-refractivity contribution in [2.75, 3.05) is 6.54 Å². The number of fused-ring (bicyclic) bond motifs is 1. The number of aryl methyl sites for hydroxylation is 1. The van der Waals surface area contributed by atoms with Gasteiger partial charge in [0.25, 0.3) is 5.91 Å². The van der Waals surface area contributed by atoms with Gasteiger partial charge >= 0.3 is 5.97 Å². The van der Waals surface area contributed by atoms with Gasteiger partial charge in [-0.1, -0.05) is 24.1 Å². The van der Waals surface area contributed by atoms with Crippen molar-refractivity contribution in [2.45, 2.75) is 51.9 Å². The standard InChI is InChI=1S/C20H25N3O3/c1-14-9-11-15(12-10-14)23-17-7-5-6-16(17)19(22-23)20(26)21-13-4-2-3-8-18(24)25/h9-12H,2-8,13H2,1H3,(H,21,26)(H,24,25). The van der Waals surface area contributed by atoms with E-state index in [0.717, 1.165) is 49.0 Å². The molecule has 1 heterocycles. The van der Waals surface area contributed by atoms with E-state index >= 15 is 0 Å². The third-order valence-corrected chi connectivity index (χ3v) is 4.78. The van der Waals surface area contributed by atoms with E-state index in [1.165, 1.54) is 5.56 Å². The lowest BCUT2D eigenvalue weighted by Crippen LogP contribution is -2.26. The Morgan fingerprint density at radius 2 is 1.92 bits per heavy atom. The zero-order valence-electron chi connectivity index (χ0n) is 15.1. The molecule has 1 aliphatic rings. The largest absolute Gasteiger partial charge is 0.481 e. The van der Waals surface area contributed by atoms with Gasteiger partial charge in [0.15, 0.2) is 5.69 Å². The van der Waals surface area contributed by atoms with Crippen molar-refractivity contribution < 1.29 is 14.7 Å². The van der Waals surface area contributed by atoms with Gasteiger partial charge in [0.05, 0.1) is 5.69 Å². The van der Waals surface area contributed by atoms with Crippen molar-refractivity contribution in [3.05, 3.63) is 46.8 Å². The number of carboxylic acid groups (broad SMARTS) is 1. The van der Waals surface area contributed by atoms with E-state index < -0.39 is 5.97 Å². The van der Waals surface area contributed by atoms with Crippen LogP contribution in [0.5, 0.6) is 0 Å². The molecule has 2 aromatic rings. The van der Waals surface area contributed by atoms with Crippen LogP contribution in [0.4, 0.5) is 0 Å². The molecule has 0 unspecified atom stereocenters. The molecule has 0 saturated heterocycles. The molecule has 0 aliphatic heterocycles. The first-order valence-electron chi connectivity index (χ1n) is 9.24. The van der Waals surface area contributed by atoms with Gasteiger partial charge in [0.1, 0.15) is 0 Å². The Hall–Kier alpha value is -2.63. The fourth-order valence-corrected chi connectivity index (χ4v) is 3.38. The Balaban J connectivity index is 1.65. The lowest BCUT2D eigenvalue weighted by Gasteiger charge is -2.06. The zero-order chi connectivity index (χ0) is 18.5. The number of carboxylic acids is 1. The second-order valence-corrected chi connectivity index (χ2v) is 6.84. The van der Waals surface area contributed by atoms with E-state index in [4.69, 9.17) is 5.11 Å². The van der Waals surface area contributed by atoms with E-state index in [0.29, 0.717) is 18.7 Å². The molecule has 6 nitrogen and oxygen atoms in total. The number of carbonyl (C=O) groups is 2. The third kappa shape index (κ3) is 4.12. The van der Waals surface area contributed by atoms with E-state index in [-0.39, 0.29) is 12.3 Å². The summed E-state index contributed by atoms with van der Waals surface area (Å²) in [4.78, 5) is 23.1. The summed E-state index contributed by atoms with van der Waals surface area (Å²) < 4.78 is 1.91. The number of amides is 1. The molecule has 1 aliphatic carbocycles. The summed E-state index contributed by atoms with van der Waals surface area (Å²) in [5, 5.41) is 16.2. The Labute approximate surface area is 153 Å². The Morgan fingerprint density at radius 3 is 2.65 bits per heavy atom. The Kier molecular flexibility index (Phi) is 5.71. The predicted octanol–water partition coefficient (Wildman–Crippen LogP) is 3.04. The minimum atomic E-state index is -0.772. The summed E-state index contributed by atoms with van der Waals surface area (Å²) in [7, 11) is 0. The van der Waals surface area contributed by atoms with Crippen molar-refractivity contribution in [3.63, 3.8) is 0 Å². The highest BCUT2D eigenvalue weighted by atomic mass is 16.4. The number of hydrogen-bond acceptors (Lipinski definition) is 3. The summed E-state index contributed by atoms with van der Waals surface area (Å²) in [5.74, 6) is -0.904. The zero-order valence-corrected chi connectivity index (χ0v) is 15.1. The van der Waals surface area contributed by atoms with Gasteiger partial charge in [-0.2, -0.15) is 5.10 Å². The number of hydrogen-bond donors (Lipinski definition) is 2. The quantitative estimate of drug-likeness (QED) is 0.713. The molecule has 0 spiro atoms. The summed E-state index contributed by atoms with van der Waals surface area (Å²) in [6.07, 6.45) is 5.28. The van der Waals surface area contributed by atoms with Gasteiger partial charge in [-0.3, -0.25) is 9.59 Å². The molecule has 1 aromatic heterocycles. The molecule has 2 N–H and O–H groups in total. The number of aromatic nitrogens is 2. The summed E-state index contributed by atoms with van der Waals surface area (Å²) in [6, 6.07) is 8.17. The van der Waals surface area contributed by atoms with Crippen LogP contribution in [-0.2, 0) is 17.6 Å². The van der Waals surface area contributed by atoms with Gasteiger partial charge in [-0.25, -0.2) is 4.68 Å². The fraction of sp³-hybridized carbons (Fsp3) is 0.450. The van der Waals surface area contributed by atoms with Crippen molar-refractivity contribution in [3.8, 4) is 5.69 Å². The molecule has 0 bridgehead atoms. The van der Waals surface area contributed by atoms with Crippen LogP contribution in [0.15, 0.2) is 24.3 Å². The maximum Gasteiger partial charge on any atom is 0.303 e. The average molecular weight is 355 g/mol. The second-order valence-electron chi connectivity index (χ2n) is 6.84. The highest BCUT2D eigenvalue weighted by Crippen LogP contribution is 2.27. The first kappa shape index (κ1) is 18.2. The van der Waals surface area contributed by atoms with Gasteiger partial charge in [-0.15, -0.1) is 0 Å². The number of unbranched alkanes of at least 4 members (excludes halogenated alkanes) is 2. The lowest BCUT2D eigenvalue weighted by atomic mass is 10.1. The molecule has 0 radical (unpaired) electrons. The molecule has 138 valence electrons. The monoisotopic (exact) mass is 355 g/mol. The highest BCUT2D eigenvalue weighted by Gasteiger charge is 2.26. The maximum atomic E-state index is 12.6. The summed E-state index contributed by atoms with van der Waals surface area (Å²) >= 11 is 0. The Bertz CT molecular complexity index is 793. The molecule has 0 atom stereocenters. The van der Waals surface area contributed by atoms with Crippen LogP contribution in [0, 0.1) is 6.92 Å². The smallest absolute Gasteiger partial charge is 0.303 e. The molecule has 3 rings (SSSR count). The minimum absolute atomic E-state index is 0.132. The molecule has 6 heteroatoms. The van der Waals surface area contributed by atoms with Gasteiger partial charge in [0.2, 0.25) is 0 Å². The highest BCUT2D eigenvalue weighted by molar-refractivity contribution is 5.94. The number of nitrogens with one attached hydrogen (secondary N) is 1. The first-order chi connectivity index (χ1) is 12.6. The van der Waals surface area contributed by atoms with Gasteiger partial charge in [0, 0.05) is 24.2 Å². The van der Waals surface area contributed by atoms with Crippen LogP contribution in [0.3, 0.4) is 0 Å². The number of benzene rings is 1. The normalized spacial score (nSPS) is 12.8. The van der Waals surface area contributed by atoms with E-state index in [1.807, 2.05) is 23.7 Å². The van der Waals surface area contributed by atoms with E-state index in [1.54, 1.807) is 0 Å². The second kappa shape index (κ2) is 8.17. The topological polar surface area (TPSA) is 84.2 Å². The molecule has 26 heavy (non-hydrogen) atoms. The third-order valence-electron chi connectivity index (χ3n) is 4.78. The molecule has 1 amide bonds. The van der Waals surface area contributed by atoms with Gasteiger partial charge in [-0.05, 0) is 51.2 Å². The maximum absolute atomic E-state index is 12.6. The first-order valence-corrected chi connectivity index (χ1v) is 9.24. The molecular weight excluding hydrogens is 330 g/mol. The molecule has 0 fully saturated rings. The van der Waals surface area contributed by atoms with Crippen LogP contribution in [0.25, 0.3) is 5.69 Å². The number of nitrogens with zero attached hydrogens (tertiary/aromatic N) is 2. The van der Waals surface area contributed by atoms with Gasteiger partial charge < -0.3 is 10.4 Å². The number of rotatable bonds is 8.